The van der Waals surface area contributed by atoms with E-state index in [-0.39, 0.29) is 5.41 Å². The predicted octanol–water partition coefficient (Wildman–Crippen LogP) is 3.69. The molecule has 78 valence electrons. The van der Waals surface area contributed by atoms with E-state index in [0.717, 1.165) is 5.69 Å². The lowest BCUT2D eigenvalue weighted by Crippen LogP contribution is -2.14. The van der Waals surface area contributed by atoms with Crippen molar-refractivity contribution in [1.29, 1.82) is 0 Å². The van der Waals surface area contributed by atoms with Gasteiger partial charge in [0.25, 0.3) is 0 Å². The Morgan fingerprint density at radius 1 is 1.14 bits per heavy atom. The van der Waals surface area contributed by atoms with Gasteiger partial charge >= 0.3 is 0 Å². The van der Waals surface area contributed by atoms with Crippen molar-refractivity contribution in [2.45, 2.75) is 46.0 Å². The van der Waals surface area contributed by atoms with Gasteiger partial charge in [-0.05, 0) is 28.5 Å². The van der Waals surface area contributed by atoms with Crippen molar-refractivity contribution >= 4 is 5.69 Å². The molecule has 0 unspecified atom stereocenters. The first-order chi connectivity index (χ1) is 6.32. The van der Waals surface area contributed by atoms with Gasteiger partial charge in [-0.25, -0.2) is 0 Å². The van der Waals surface area contributed by atoms with Crippen molar-refractivity contribution in [2.24, 2.45) is 0 Å². The molecule has 0 aliphatic carbocycles. The fourth-order valence-corrected chi connectivity index (χ4v) is 1.62. The summed E-state index contributed by atoms with van der Waals surface area (Å²) in [5.41, 5.74) is 9.66. The highest BCUT2D eigenvalue weighted by Gasteiger charge is 2.16. The summed E-state index contributed by atoms with van der Waals surface area (Å²) in [6.07, 6.45) is 0. The van der Waals surface area contributed by atoms with E-state index in [1.54, 1.807) is 0 Å². The fourth-order valence-electron chi connectivity index (χ4n) is 1.62. The van der Waals surface area contributed by atoms with E-state index < -0.39 is 0 Å². The molecule has 0 fully saturated rings. The lowest BCUT2D eigenvalue weighted by Gasteiger charge is -2.22. The number of nitrogen functional groups attached to an aromatic ring is 1. The Bertz CT molecular complexity index is 318. The first kappa shape index (κ1) is 11.1. The van der Waals surface area contributed by atoms with Crippen LogP contribution in [0.25, 0.3) is 0 Å². The van der Waals surface area contributed by atoms with Crippen LogP contribution < -0.4 is 5.73 Å². The van der Waals surface area contributed by atoms with Crippen LogP contribution >= 0.6 is 0 Å². The van der Waals surface area contributed by atoms with Crippen molar-refractivity contribution in [1.82, 2.24) is 0 Å². The normalized spacial score (nSPS) is 12.1. The SMILES string of the molecule is CC(C)c1ccc(C(C)(C)C)c(N)c1. The minimum absolute atomic E-state index is 0.138. The second-order valence-electron chi connectivity index (χ2n) is 5.25. The predicted molar refractivity (Wildman–Crippen MR) is 63.6 cm³/mol. The highest BCUT2D eigenvalue weighted by atomic mass is 14.6. The average Bonchev–Trinajstić information content (AvgIpc) is 2.01. The van der Waals surface area contributed by atoms with Gasteiger partial charge in [-0.15, -0.1) is 0 Å². The number of anilines is 1. The Morgan fingerprint density at radius 3 is 2.07 bits per heavy atom. The Kier molecular flexibility index (Phi) is 2.89. The van der Waals surface area contributed by atoms with Gasteiger partial charge in [0.05, 0.1) is 0 Å². The summed E-state index contributed by atoms with van der Waals surface area (Å²) in [4.78, 5) is 0. The van der Waals surface area contributed by atoms with Crippen LogP contribution in [0.15, 0.2) is 18.2 Å². The van der Waals surface area contributed by atoms with Crippen molar-refractivity contribution in [3.8, 4) is 0 Å². The van der Waals surface area contributed by atoms with Gasteiger partial charge < -0.3 is 5.73 Å². The molecule has 0 amide bonds. The first-order valence-corrected chi connectivity index (χ1v) is 5.22. The molecular formula is C13H21N. The molecule has 0 aromatic heterocycles. The molecule has 0 bridgehead atoms. The molecule has 0 saturated carbocycles. The smallest absolute Gasteiger partial charge is 0.0354 e. The van der Waals surface area contributed by atoms with E-state index in [0.29, 0.717) is 5.92 Å². The Morgan fingerprint density at radius 2 is 1.71 bits per heavy atom. The maximum absolute atomic E-state index is 6.05. The van der Waals surface area contributed by atoms with Gasteiger partial charge in [-0.1, -0.05) is 46.8 Å². The molecule has 14 heavy (non-hydrogen) atoms. The minimum atomic E-state index is 0.138. The van der Waals surface area contributed by atoms with Gasteiger partial charge in [0.1, 0.15) is 0 Å². The third-order valence-corrected chi connectivity index (χ3v) is 2.55. The zero-order valence-corrected chi connectivity index (χ0v) is 9.89. The summed E-state index contributed by atoms with van der Waals surface area (Å²) >= 11 is 0. The number of hydrogen-bond donors (Lipinski definition) is 1. The number of nitrogens with two attached hydrogens (primary N) is 1. The van der Waals surface area contributed by atoms with Crippen LogP contribution in [0.5, 0.6) is 0 Å². The van der Waals surface area contributed by atoms with Crippen LogP contribution in [0.1, 0.15) is 51.7 Å². The van der Waals surface area contributed by atoms with Gasteiger partial charge in [0.15, 0.2) is 0 Å². The molecule has 0 saturated heterocycles. The number of rotatable bonds is 1. The van der Waals surface area contributed by atoms with Gasteiger partial charge in [0.2, 0.25) is 0 Å². The average molecular weight is 191 g/mol. The molecular weight excluding hydrogens is 170 g/mol. The quantitative estimate of drug-likeness (QED) is 0.673. The summed E-state index contributed by atoms with van der Waals surface area (Å²) in [6, 6.07) is 6.44. The van der Waals surface area contributed by atoms with Gasteiger partial charge in [-0.2, -0.15) is 0 Å². The van der Waals surface area contributed by atoms with Crippen LogP contribution in [0.4, 0.5) is 5.69 Å². The zero-order valence-electron chi connectivity index (χ0n) is 9.89. The first-order valence-electron chi connectivity index (χ1n) is 5.22. The van der Waals surface area contributed by atoms with Crippen LogP contribution in [0, 0.1) is 0 Å². The second-order valence-corrected chi connectivity index (χ2v) is 5.25. The van der Waals surface area contributed by atoms with Crippen molar-refractivity contribution in [3.63, 3.8) is 0 Å². The Balaban J connectivity index is 3.15. The monoisotopic (exact) mass is 191 g/mol. The summed E-state index contributed by atoms with van der Waals surface area (Å²) in [5.74, 6) is 0.548. The maximum atomic E-state index is 6.05. The van der Waals surface area contributed by atoms with Crippen LogP contribution in [0.2, 0.25) is 0 Å². The van der Waals surface area contributed by atoms with Crippen LogP contribution in [0.3, 0.4) is 0 Å². The molecule has 1 rings (SSSR count). The minimum Gasteiger partial charge on any atom is -0.398 e. The molecule has 0 spiro atoms. The van der Waals surface area contributed by atoms with Crippen molar-refractivity contribution < 1.29 is 0 Å². The molecule has 1 heteroatoms. The Hall–Kier alpha value is -0.980. The van der Waals surface area contributed by atoms with E-state index in [9.17, 15) is 0 Å². The van der Waals surface area contributed by atoms with Crippen LogP contribution in [-0.4, -0.2) is 0 Å². The summed E-state index contributed by atoms with van der Waals surface area (Å²) in [5, 5.41) is 0. The molecule has 0 atom stereocenters. The van der Waals surface area contributed by atoms with E-state index in [4.69, 9.17) is 5.73 Å². The fraction of sp³-hybridized carbons (Fsp3) is 0.538. The third kappa shape index (κ3) is 2.28. The van der Waals surface area contributed by atoms with E-state index in [2.05, 4.69) is 52.8 Å². The molecule has 0 heterocycles. The summed E-state index contributed by atoms with van der Waals surface area (Å²) < 4.78 is 0. The molecule has 2 N–H and O–H groups in total. The largest absolute Gasteiger partial charge is 0.398 e. The summed E-state index contributed by atoms with van der Waals surface area (Å²) in [7, 11) is 0. The van der Waals surface area contributed by atoms with Gasteiger partial charge in [-0.3, -0.25) is 0 Å². The molecule has 1 nitrogen and oxygen atoms in total. The lowest BCUT2D eigenvalue weighted by molar-refractivity contribution is 0.592. The standard InChI is InChI=1S/C13H21N/c1-9(2)10-6-7-11(12(14)8-10)13(3,4)5/h6-9H,14H2,1-5H3. The third-order valence-electron chi connectivity index (χ3n) is 2.55. The Labute approximate surface area is 87.3 Å². The van der Waals surface area contributed by atoms with Gasteiger partial charge in [0, 0.05) is 5.69 Å². The van der Waals surface area contributed by atoms with E-state index in [1.807, 2.05) is 0 Å². The highest BCUT2D eigenvalue weighted by molar-refractivity contribution is 5.52. The maximum Gasteiger partial charge on any atom is 0.0354 e. The van der Waals surface area contributed by atoms with Crippen LogP contribution in [-0.2, 0) is 5.41 Å². The van der Waals surface area contributed by atoms with E-state index >= 15 is 0 Å². The number of benzene rings is 1. The molecule has 0 aliphatic heterocycles. The molecule has 0 aliphatic rings. The second kappa shape index (κ2) is 3.64. The van der Waals surface area contributed by atoms with Crippen molar-refractivity contribution in [3.05, 3.63) is 29.3 Å². The zero-order chi connectivity index (χ0) is 10.9. The summed E-state index contributed by atoms with van der Waals surface area (Å²) in [6.45, 7) is 10.9. The molecule has 1 aromatic carbocycles. The molecule has 1 aromatic rings. The van der Waals surface area contributed by atoms with Crippen molar-refractivity contribution in [2.75, 3.05) is 5.73 Å². The highest BCUT2D eigenvalue weighted by Crippen LogP contribution is 2.29. The lowest BCUT2D eigenvalue weighted by atomic mass is 9.84. The molecule has 0 radical (unpaired) electrons. The number of hydrogen-bond acceptors (Lipinski definition) is 1. The topological polar surface area (TPSA) is 26.0 Å². The van der Waals surface area contributed by atoms with E-state index in [1.165, 1.54) is 11.1 Å².